The molecule has 2 nitrogen and oxygen atoms in total. The summed E-state index contributed by atoms with van der Waals surface area (Å²) in [6.45, 7) is 13.0. The number of hydrogen-bond donors (Lipinski definition) is 2. The van der Waals surface area contributed by atoms with Gasteiger partial charge in [-0.05, 0) is 71.3 Å². The summed E-state index contributed by atoms with van der Waals surface area (Å²) in [6.07, 6.45) is 1.11. The molecule has 0 spiro atoms. The van der Waals surface area contributed by atoms with E-state index in [0.29, 0.717) is 0 Å². The first-order valence-corrected chi connectivity index (χ1v) is 6.82. The lowest BCUT2D eigenvalue weighted by Gasteiger charge is -2.24. The minimum atomic E-state index is 0.164. The molecule has 0 heterocycles. The van der Waals surface area contributed by atoms with Crippen LogP contribution in [0.25, 0.3) is 0 Å². The number of benzene rings is 1. The van der Waals surface area contributed by atoms with E-state index in [4.69, 9.17) is 0 Å². The Morgan fingerprint density at radius 2 is 1.61 bits per heavy atom. The summed E-state index contributed by atoms with van der Waals surface area (Å²) in [6, 6.07) is 4.56. The first-order valence-electron chi connectivity index (χ1n) is 6.82. The van der Waals surface area contributed by atoms with Crippen LogP contribution in [0, 0.1) is 20.8 Å². The number of rotatable bonds is 6. The predicted octanol–water partition coefficient (Wildman–Crippen LogP) is 2.74. The molecule has 18 heavy (non-hydrogen) atoms. The molecule has 0 aliphatic rings. The van der Waals surface area contributed by atoms with Crippen LogP contribution in [0.15, 0.2) is 12.1 Å². The van der Waals surface area contributed by atoms with E-state index in [2.05, 4.69) is 57.4 Å². The zero-order chi connectivity index (χ0) is 13.8. The first kappa shape index (κ1) is 15.2. The molecule has 1 aromatic carbocycles. The van der Waals surface area contributed by atoms with Crippen LogP contribution in [0.3, 0.4) is 0 Å². The van der Waals surface area contributed by atoms with Crippen molar-refractivity contribution in [3.8, 4) is 0 Å². The first-order chi connectivity index (χ1) is 8.35. The summed E-state index contributed by atoms with van der Waals surface area (Å²) in [5, 5.41) is 6.84. The van der Waals surface area contributed by atoms with E-state index in [1.807, 2.05) is 7.05 Å². The van der Waals surface area contributed by atoms with E-state index >= 15 is 0 Å². The monoisotopic (exact) mass is 248 g/mol. The molecule has 0 saturated carbocycles. The second-order valence-electron chi connectivity index (χ2n) is 5.94. The molecule has 0 amide bonds. The van der Waals surface area contributed by atoms with Gasteiger partial charge in [-0.15, -0.1) is 0 Å². The summed E-state index contributed by atoms with van der Waals surface area (Å²) in [5.74, 6) is 0. The van der Waals surface area contributed by atoms with Gasteiger partial charge in [0.15, 0.2) is 0 Å². The van der Waals surface area contributed by atoms with Crippen molar-refractivity contribution in [1.82, 2.24) is 10.6 Å². The van der Waals surface area contributed by atoms with Crippen molar-refractivity contribution >= 4 is 0 Å². The van der Waals surface area contributed by atoms with Crippen molar-refractivity contribution in [3.63, 3.8) is 0 Å². The van der Waals surface area contributed by atoms with Gasteiger partial charge in [-0.1, -0.05) is 17.7 Å². The zero-order valence-corrected chi connectivity index (χ0v) is 12.8. The average molecular weight is 248 g/mol. The third-order valence-corrected chi connectivity index (χ3v) is 3.64. The minimum absolute atomic E-state index is 0.164. The average Bonchev–Trinajstić information content (AvgIpc) is 2.26. The lowest BCUT2D eigenvalue weighted by molar-refractivity contribution is 0.395. The highest BCUT2D eigenvalue weighted by atomic mass is 15.0. The summed E-state index contributed by atoms with van der Waals surface area (Å²) < 4.78 is 0. The third-order valence-electron chi connectivity index (χ3n) is 3.64. The van der Waals surface area contributed by atoms with Crippen molar-refractivity contribution in [2.45, 2.75) is 46.6 Å². The lowest BCUT2D eigenvalue weighted by Crippen LogP contribution is -2.46. The molecule has 0 aliphatic carbocycles. The number of aryl methyl sites for hydroxylation is 3. The second-order valence-corrected chi connectivity index (χ2v) is 5.94. The Morgan fingerprint density at radius 3 is 2.11 bits per heavy atom. The van der Waals surface area contributed by atoms with Crippen LogP contribution in [0.1, 0.15) is 36.1 Å². The van der Waals surface area contributed by atoms with Crippen LogP contribution in [0.2, 0.25) is 0 Å². The molecule has 1 aromatic rings. The van der Waals surface area contributed by atoms with E-state index in [1.54, 1.807) is 0 Å². The van der Waals surface area contributed by atoms with E-state index in [9.17, 15) is 0 Å². The van der Waals surface area contributed by atoms with E-state index < -0.39 is 0 Å². The van der Waals surface area contributed by atoms with Crippen molar-refractivity contribution in [2.24, 2.45) is 0 Å². The molecule has 0 radical (unpaired) electrons. The largest absolute Gasteiger partial charge is 0.315 e. The van der Waals surface area contributed by atoms with Crippen molar-refractivity contribution in [1.29, 1.82) is 0 Å². The van der Waals surface area contributed by atoms with Gasteiger partial charge < -0.3 is 10.6 Å². The standard InChI is InChI=1S/C16H28N2/c1-12-9-13(2)15(14(3)10-12)7-8-18-11-16(4,5)17-6/h9-10,17-18H,7-8,11H2,1-6H3. The van der Waals surface area contributed by atoms with Gasteiger partial charge in [0, 0.05) is 12.1 Å². The van der Waals surface area contributed by atoms with Crippen LogP contribution in [-0.4, -0.2) is 25.7 Å². The highest BCUT2D eigenvalue weighted by Crippen LogP contribution is 2.16. The normalized spacial score (nSPS) is 11.9. The Hall–Kier alpha value is -0.860. The van der Waals surface area contributed by atoms with E-state index in [0.717, 1.165) is 19.5 Å². The summed E-state index contributed by atoms with van der Waals surface area (Å²) in [4.78, 5) is 0. The molecule has 0 aliphatic heterocycles. The fourth-order valence-corrected chi connectivity index (χ4v) is 2.31. The molecule has 2 heteroatoms. The number of likely N-dealkylation sites (N-methyl/N-ethyl adjacent to an activating group) is 1. The molecule has 0 bridgehead atoms. The highest BCUT2D eigenvalue weighted by molar-refractivity contribution is 5.37. The van der Waals surface area contributed by atoms with Crippen LogP contribution in [0.5, 0.6) is 0 Å². The maximum atomic E-state index is 3.53. The van der Waals surface area contributed by atoms with Gasteiger partial charge in [-0.2, -0.15) is 0 Å². The van der Waals surface area contributed by atoms with E-state index in [1.165, 1.54) is 22.3 Å². The third kappa shape index (κ3) is 4.43. The van der Waals surface area contributed by atoms with E-state index in [-0.39, 0.29) is 5.54 Å². The Kier molecular flexibility index (Phi) is 5.36. The lowest BCUT2D eigenvalue weighted by atomic mass is 9.97. The van der Waals surface area contributed by atoms with Gasteiger partial charge in [0.1, 0.15) is 0 Å². The van der Waals surface area contributed by atoms with Crippen molar-refractivity contribution in [2.75, 3.05) is 20.1 Å². The minimum Gasteiger partial charge on any atom is -0.315 e. The van der Waals surface area contributed by atoms with Gasteiger partial charge in [-0.3, -0.25) is 0 Å². The van der Waals surface area contributed by atoms with Gasteiger partial charge >= 0.3 is 0 Å². The van der Waals surface area contributed by atoms with Gasteiger partial charge in [0.05, 0.1) is 0 Å². The molecular formula is C16H28N2. The summed E-state index contributed by atoms with van der Waals surface area (Å²) >= 11 is 0. The molecular weight excluding hydrogens is 220 g/mol. The number of nitrogens with one attached hydrogen (secondary N) is 2. The predicted molar refractivity (Wildman–Crippen MR) is 80.4 cm³/mol. The van der Waals surface area contributed by atoms with Crippen LogP contribution >= 0.6 is 0 Å². The van der Waals surface area contributed by atoms with Crippen LogP contribution < -0.4 is 10.6 Å². The molecule has 0 unspecified atom stereocenters. The van der Waals surface area contributed by atoms with Crippen LogP contribution in [-0.2, 0) is 6.42 Å². The maximum absolute atomic E-state index is 3.53. The maximum Gasteiger partial charge on any atom is 0.0246 e. The van der Waals surface area contributed by atoms with Gasteiger partial charge in [0.2, 0.25) is 0 Å². The smallest absolute Gasteiger partial charge is 0.0246 e. The van der Waals surface area contributed by atoms with Gasteiger partial charge in [0.25, 0.3) is 0 Å². The number of hydrogen-bond acceptors (Lipinski definition) is 2. The Bertz CT molecular complexity index is 371. The molecule has 0 saturated heterocycles. The Labute approximate surface area is 112 Å². The van der Waals surface area contributed by atoms with Crippen molar-refractivity contribution in [3.05, 3.63) is 34.4 Å². The quantitative estimate of drug-likeness (QED) is 0.756. The summed E-state index contributed by atoms with van der Waals surface area (Å²) in [7, 11) is 2.01. The molecule has 0 aromatic heterocycles. The topological polar surface area (TPSA) is 24.1 Å². The SMILES string of the molecule is CNC(C)(C)CNCCc1c(C)cc(C)cc1C. The highest BCUT2D eigenvalue weighted by Gasteiger charge is 2.13. The molecule has 102 valence electrons. The Morgan fingerprint density at radius 1 is 1.06 bits per heavy atom. The zero-order valence-electron chi connectivity index (χ0n) is 12.8. The van der Waals surface area contributed by atoms with Crippen LogP contribution in [0.4, 0.5) is 0 Å². The molecule has 2 N–H and O–H groups in total. The fraction of sp³-hybridized carbons (Fsp3) is 0.625. The van der Waals surface area contributed by atoms with Crippen molar-refractivity contribution < 1.29 is 0 Å². The molecule has 0 fully saturated rings. The molecule has 1 rings (SSSR count). The Balaban J connectivity index is 2.50. The second kappa shape index (κ2) is 6.35. The molecule has 0 atom stereocenters. The van der Waals surface area contributed by atoms with Gasteiger partial charge in [-0.25, -0.2) is 0 Å². The fourth-order valence-electron chi connectivity index (χ4n) is 2.31. The summed E-state index contributed by atoms with van der Waals surface area (Å²) in [5.41, 5.74) is 5.86.